The van der Waals surface area contributed by atoms with Crippen molar-refractivity contribution in [1.82, 2.24) is 10.2 Å². The van der Waals surface area contributed by atoms with Gasteiger partial charge in [0.1, 0.15) is 0 Å². The number of hydrogen-bond acceptors (Lipinski definition) is 3. The Morgan fingerprint density at radius 3 is 2.12 bits per heavy atom. The van der Waals surface area contributed by atoms with Crippen LogP contribution in [0.15, 0.2) is 48.5 Å². The molecule has 1 atom stereocenters. The Hall–Kier alpha value is -3.02. The van der Waals surface area contributed by atoms with E-state index >= 15 is 0 Å². The minimum atomic E-state index is -0.333. The Morgan fingerprint density at radius 1 is 0.971 bits per heavy atom. The number of carbonyl (C=O) groups excluding carboxylic acids is 2. The van der Waals surface area contributed by atoms with E-state index < -0.39 is 0 Å². The van der Waals surface area contributed by atoms with E-state index in [4.69, 9.17) is 0 Å². The fourth-order valence-electron chi connectivity index (χ4n) is 4.10. The lowest BCUT2D eigenvalue weighted by molar-refractivity contribution is -0.138. The highest BCUT2D eigenvalue weighted by atomic mass is 16.2. The van der Waals surface area contributed by atoms with E-state index in [2.05, 4.69) is 43.5 Å². The summed E-state index contributed by atoms with van der Waals surface area (Å²) in [5.74, 6) is 0.141. The number of anilines is 2. The third-order valence-corrected chi connectivity index (χ3v) is 6.02. The van der Waals surface area contributed by atoms with Crippen LogP contribution >= 0.6 is 0 Å². The van der Waals surface area contributed by atoms with E-state index in [1.807, 2.05) is 81.1 Å². The van der Waals surface area contributed by atoms with Crippen LogP contribution in [-0.2, 0) is 11.3 Å². The van der Waals surface area contributed by atoms with Crippen molar-refractivity contribution in [2.24, 2.45) is 5.92 Å². The maximum atomic E-state index is 13.7. The number of urea groups is 1. The molecule has 0 aliphatic carbocycles. The van der Waals surface area contributed by atoms with Crippen molar-refractivity contribution in [3.05, 3.63) is 59.7 Å². The zero-order chi connectivity index (χ0) is 25.5. The highest BCUT2D eigenvalue weighted by Crippen LogP contribution is 2.30. The molecule has 1 unspecified atom stereocenters. The van der Waals surface area contributed by atoms with Gasteiger partial charge in [-0.2, -0.15) is 0 Å². The average molecular weight is 467 g/mol. The topological polar surface area (TPSA) is 64.7 Å². The number of benzene rings is 2. The van der Waals surface area contributed by atoms with Gasteiger partial charge in [0, 0.05) is 43.5 Å². The van der Waals surface area contributed by atoms with Crippen LogP contribution in [0.3, 0.4) is 0 Å². The molecule has 2 N–H and O–H groups in total. The van der Waals surface area contributed by atoms with Gasteiger partial charge in [0.05, 0.1) is 6.04 Å². The van der Waals surface area contributed by atoms with Crippen molar-refractivity contribution in [2.75, 3.05) is 24.3 Å². The number of nitrogens with one attached hydrogen (secondary N) is 2. The lowest BCUT2D eigenvalue weighted by atomic mass is 9.98. The Balaban J connectivity index is 2.44. The summed E-state index contributed by atoms with van der Waals surface area (Å²) in [5.41, 5.74) is 3.47. The molecule has 2 aromatic carbocycles. The second-order valence-corrected chi connectivity index (χ2v) is 10.1. The zero-order valence-corrected chi connectivity index (χ0v) is 22.1. The fraction of sp³-hybridized carbons (Fsp3) is 0.500. The van der Waals surface area contributed by atoms with Crippen molar-refractivity contribution < 1.29 is 9.59 Å². The molecule has 2 rings (SSSR count). The summed E-state index contributed by atoms with van der Waals surface area (Å²) in [4.78, 5) is 30.1. The van der Waals surface area contributed by atoms with Crippen molar-refractivity contribution in [3.63, 3.8) is 0 Å². The van der Waals surface area contributed by atoms with Crippen molar-refractivity contribution in [2.45, 2.75) is 72.5 Å². The summed E-state index contributed by atoms with van der Waals surface area (Å²) < 4.78 is 0. The molecule has 0 fully saturated rings. The lowest BCUT2D eigenvalue weighted by Crippen LogP contribution is -2.43. The second kappa shape index (κ2) is 11.9. The van der Waals surface area contributed by atoms with Crippen molar-refractivity contribution in [1.29, 1.82) is 0 Å². The molecule has 3 amide bonds. The second-order valence-electron chi connectivity index (χ2n) is 10.1. The van der Waals surface area contributed by atoms with E-state index in [0.717, 1.165) is 29.7 Å². The van der Waals surface area contributed by atoms with Gasteiger partial charge in [-0.25, -0.2) is 4.79 Å². The third-order valence-electron chi connectivity index (χ3n) is 6.02. The van der Waals surface area contributed by atoms with Gasteiger partial charge < -0.3 is 20.4 Å². The van der Waals surface area contributed by atoms with E-state index in [1.54, 1.807) is 0 Å². The molecule has 0 aliphatic rings. The highest BCUT2D eigenvalue weighted by Gasteiger charge is 2.28. The molecule has 0 spiro atoms. The van der Waals surface area contributed by atoms with E-state index in [1.165, 1.54) is 0 Å². The van der Waals surface area contributed by atoms with Crippen LogP contribution in [0, 0.1) is 5.92 Å². The summed E-state index contributed by atoms with van der Waals surface area (Å²) in [6.07, 6.45) is 1.62. The van der Waals surface area contributed by atoms with Gasteiger partial charge in [-0.3, -0.25) is 4.79 Å². The summed E-state index contributed by atoms with van der Waals surface area (Å²) in [6.45, 7) is 12.5. The van der Waals surface area contributed by atoms with Crippen LogP contribution in [0.4, 0.5) is 16.2 Å². The number of carbonyl (C=O) groups is 2. The van der Waals surface area contributed by atoms with E-state index in [9.17, 15) is 9.59 Å². The molecular formula is C28H42N4O2. The zero-order valence-electron chi connectivity index (χ0n) is 22.1. The molecule has 6 nitrogen and oxygen atoms in total. The van der Waals surface area contributed by atoms with Crippen molar-refractivity contribution in [3.8, 4) is 0 Å². The Kier molecular flexibility index (Phi) is 9.54. The fourth-order valence-corrected chi connectivity index (χ4v) is 4.10. The van der Waals surface area contributed by atoms with E-state index in [-0.39, 0.29) is 29.4 Å². The van der Waals surface area contributed by atoms with Gasteiger partial charge in [-0.05, 0) is 69.9 Å². The first-order chi connectivity index (χ1) is 16.0. The van der Waals surface area contributed by atoms with Crippen LogP contribution in [0.5, 0.6) is 0 Å². The van der Waals surface area contributed by atoms with Gasteiger partial charge in [-0.1, -0.05) is 44.2 Å². The average Bonchev–Trinajstić information content (AvgIpc) is 2.77. The molecule has 0 aromatic heterocycles. The molecular weight excluding hydrogens is 424 g/mol. The molecule has 186 valence electrons. The predicted octanol–water partition coefficient (Wildman–Crippen LogP) is 6.20. The van der Waals surface area contributed by atoms with Gasteiger partial charge in [0.2, 0.25) is 5.91 Å². The van der Waals surface area contributed by atoms with Crippen molar-refractivity contribution >= 4 is 23.3 Å². The van der Waals surface area contributed by atoms with Crippen LogP contribution in [0.1, 0.15) is 71.6 Å². The Bertz CT molecular complexity index is 947. The Labute approximate surface area is 205 Å². The summed E-state index contributed by atoms with van der Waals surface area (Å²) in [6, 6.07) is 15.7. The number of hydrogen-bond donors (Lipinski definition) is 2. The van der Waals surface area contributed by atoms with E-state index in [0.29, 0.717) is 12.2 Å². The molecule has 0 heterocycles. The monoisotopic (exact) mass is 466 g/mol. The van der Waals surface area contributed by atoms with Gasteiger partial charge >= 0.3 is 6.03 Å². The minimum Gasteiger partial charge on any atom is -0.377 e. The highest BCUT2D eigenvalue weighted by molar-refractivity contribution is 5.90. The Morgan fingerprint density at radius 2 is 1.59 bits per heavy atom. The quantitative estimate of drug-likeness (QED) is 0.462. The van der Waals surface area contributed by atoms with Gasteiger partial charge in [0.25, 0.3) is 0 Å². The summed E-state index contributed by atoms with van der Waals surface area (Å²) in [7, 11) is 3.98. The first-order valence-corrected chi connectivity index (χ1v) is 12.2. The first kappa shape index (κ1) is 27.2. The molecule has 0 bridgehead atoms. The molecule has 0 saturated heterocycles. The third kappa shape index (κ3) is 7.51. The summed E-state index contributed by atoms with van der Waals surface area (Å²) in [5, 5.41) is 5.87. The summed E-state index contributed by atoms with van der Waals surface area (Å²) >= 11 is 0. The normalized spacial score (nSPS) is 12.3. The van der Waals surface area contributed by atoms with Crippen LogP contribution in [-0.4, -0.2) is 36.5 Å². The molecule has 6 heteroatoms. The maximum absolute atomic E-state index is 13.7. The molecule has 0 aliphatic heterocycles. The standard InChI is InChI=1S/C28H42N4O2/c1-9-21(10-2)26(33)32(20(3)22-14-12-11-13-15-22)19-23-18-24(16-17-25(23)31(7)8)29-27(34)30-28(4,5)6/h11-18,20-21H,9-10,19H2,1-8H3,(H2,29,30,34). The van der Waals surface area contributed by atoms with Gasteiger partial charge in [0.15, 0.2) is 0 Å². The predicted molar refractivity (Wildman–Crippen MR) is 142 cm³/mol. The number of amides is 3. The SMILES string of the molecule is CCC(CC)C(=O)N(Cc1cc(NC(=O)NC(C)(C)C)ccc1N(C)C)C(C)c1ccccc1. The minimum absolute atomic E-state index is 0.0205. The molecule has 0 saturated carbocycles. The largest absolute Gasteiger partial charge is 0.377 e. The molecule has 0 radical (unpaired) electrons. The van der Waals surface area contributed by atoms with Crippen LogP contribution in [0.2, 0.25) is 0 Å². The lowest BCUT2D eigenvalue weighted by Gasteiger charge is -2.34. The smallest absolute Gasteiger partial charge is 0.319 e. The number of rotatable bonds is 9. The first-order valence-electron chi connectivity index (χ1n) is 12.2. The molecule has 34 heavy (non-hydrogen) atoms. The van der Waals surface area contributed by atoms with Crippen LogP contribution in [0.25, 0.3) is 0 Å². The molecule has 2 aromatic rings. The maximum Gasteiger partial charge on any atom is 0.319 e. The number of nitrogens with zero attached hydrogens (tertiary/aromatic N) is 2. The van der Waals surface area contributed by atoms with Gasteiger partial charge in [-0.15, -0.1) is 0 Å². The van der Waals surface area contributed by atoms with Crippen LogP contribution < -0.4 is 15.5 Å².